The number of hydrogen-bond donors (Lipinski definition) is 1. The molecule has 1 atom stereocenters. The zero-order valence-corrected chi connectivity index (χ0v) is 16.8. The van der Waals surface area contributed by atoms with Gasteiger partial charge in [-0.1, -0.05) is 52.8 Å². The standard InChI is InChI=1S/C23H19BrN2O/c1-14(22-11-17(16(3)27)8-9-19(22)13-25)26-15(2)23-12-20(24)10-18-6-4-5-7-21(18)23/h4-12,15,26H,1H2,2-3H3. The lowest BCUT2D eigenvalue weighted by atomic mass is 9.97. The van der Waals surface area contributed by atoms with Crippen molar-refractivity contribution in [3.8, 4) is 6.07 Å². The zero-order chi connectivity index (χ0) is 19.6. The topological polar surface area (TPSA) is 52.9 Å². The number of nitriles is 1. The number of rotatable bonds is 5. The van der Waals surface area contributed by atoms with Crippen molar-refractivity contribution in [2.75, 3.05) is 0 Å². The van der Waals surface area contributed by atoms with E-state index in [-0.39, 0.29) is 11.8 Å². The van der Waals surface area contributed by atoms with Crippen molar-refractivity contribution in [3.63, 3.8) is 0 Å². The van der Waals surface area contributed by atoms with Gasteiger partial charge in [-0.3, -0.25) is 4.79 Å². The summed E-state index contributed by atoms with van der Waals surface area (Å²) in [5.41, 5.74) is 3.45. The minimum absolute atomic E-state index is 0.0348. The molecule has 0 bridgehead atoms. The molecule has 1 N–H and O–H groups in total. The van der Waals surface area contributed by atoms with Crippen LogP contribution in [0.5, 0.6) is 0 Å². The van der Waals surface area contributed by atoms with Gasteiger partial charge >= 0.3 is 0 Å². The van der Waals surface area contributed by atoms with E-state index in [9.17, 15) is 10.1 Å². The molecule has 3 aromatic rings. The molecule has 0 aliphatic carbocycles. The van der Waals surface area contributed by atoms with Gasteiger partial charge in [0.2, 0.25) is 0 Å². The molecular formula is C23H19BrN2O. The third-order valence-electron chi connectivity index (χ3n) is 4.59. The number of benzene rings is 3. The summed E-state index contributed by atoms with van der Waals surface area (Å²) in [4.78, 5) is 11.7. The molecule has 3 aromatic carbocycles. The number of nitrogens with zero attached hydrogens (tertiary/aromatic N) is 1. The van der Waals surface area contributed by atoms with Gasteiger partial charge in [0.1, 0.15) is 0 Å². The molecule has 0 saturated carbocycles. The Bertz CT molecular complexity index is 1100. The van der Waals surface area contributed by atoms with Crippen molar-refractivity contribution in [1.29, 1.82) is 5.26 Å². The molecule has 0 aliphatic rings. The Morgan fingerprint density at radius 3 is 2.63 bits per heavy atom. The summed E-state index contributed by atoms with van der Waals surface area (Å²) in [5, 5.41) is 15.1. The van der Waals surface area contributed by atoms with Crippen LogP contribution in [0.25, 0.3) is 16.5 Å². The summed E-state index contributed by atoms with van der Waals surface area (Å²) in [7, 11) is 0. The van der Waals surface area contributed by atoms with Crippen LogP contribution in [0, 0.1) is 11.3 Å². The Kier molecular flexibility index (Phi) is 5.43. The lowest BCUT2D eigenvalue weighted by Gasteiger charge is -2.21. The second-order valence-electron chi connectivity index (χ2n) is 6.49. The van der Waals surface area contributed by atoms with Gasteiger partial charge in [-0.15, -0.1) is 0 Å². The second kappa shape index (κ2) is 7.77. The number of nitrogens with one attached hydrogen (secondary N) is 1. The number of carbonyl (C=O) groups is 1. The molecule has 0 amide bonds. The molecule has 0 spiro atoms. The van der Waals surface area contributed by atoms with Gasteiger partial charge in [0.05, 0.1) is 11.6 Å². The van der Waals surface area contributed by atoms with Gasteiger partial charge in [0.15, 0.2) is 5.78 Å². The fourth-order valence-electron chi connectivity index (χ4n) is 3.19. The first-order valence-corrected chi connectivity index (χ1v) is 9.39. The maximum Gasteiger partial charge on any atom is 0.159 e. The van der Waals surface area contributed by atoms with Crippen LogP contribution in [0.1, 0.15) is 46.9 Å². The Morgan fingerprint density at radius 2 is 1.93 bits per heavy atom. The number of ketones is 1. The van der Waals surface area contributed by atoms with Crippen LogP contribution in [0.15, 0.2) is 65.6 Å². The minimum atomic E-state index is -0.0421. The van der Waals surface area contributed by atoms with E-state index in [0.29, 0.717) is 22.4 Å². The molecule has 0 aliphatic heterocycles. The molecule has 3 nitrogen and oxygen atoms in total. The number of Topliss-reactive ketones (excluding diaryl/α,β-unsaturated/α-hetero) is 1. The third-order valence-corrected chi connectivity index (χ3v) is 5.05. The highest BCUT2D eigenvalue weighted by atomic mass is 79.9. The van der Waals surface area contributed by atoms with Gasteiger partial charge in [-0.2, -0.15) is 5.26 Å². The summed E-state index contributed by atoms with van der Waals surface area (Å²) in [5.74, 6) is -0.0421. The predicted octanol–water partition coefficient (Wildman–Crippen LogP) is 6.00. The SMILES string of the molecule is C=C(NC(C)c1cc(Br)cc2ccccc12)c1cc(C(C)=O)ccc1C#N. The Hall–Kier alpha value is -2.90. The molecule has 3 rings (SSSR count). The lowest BCUT2D eigenvalue weighted by molar-refractivity contribution is 0.101. The Morgan fingerprint density at radius 1 is 1.19 bits per heavy atom. The van der Waals surface area contributed by atoms with E-state index in [1.165, 1.54) is 6.92 Å². The monoisotopic (exact) mass is 418 g/mol. The van der Waals surface area contributed by atoms with Gasteiger partial charge in [-0.25, -0.2) is 0 Å². The second-order valence-corrected chi connectivity index (χ2v) is 7.40. The number of halogens is 1. The van der Waals surface area contributed by atoms with E-state index in [1.54, 1.807) is 18.2 Å². The van der Waals surface area contributed by atoms with Crippen molar-refractivity contribution in [2.24, 2.45) is 0 Å². The normalized spacial score (nSPS) is 11.6. The minimum Gasteiger partial charge on any atom is -0.378 e. The van der Waals surface area contributed by atoms with Crippen molar-refractivity contribution in [1.82, 2.24) is 5.32 Å². The molecular weight excluding hydrogens is 400 g/mol. The highest BCUT2D eigenvalue weighted by Crippen LogP contribution is 2.30. The van der Waals surface area contributed by atoms with Crippen LogP contribution in [0.2, 0.25) is 0 Å². The van der Waals surface area contributed by atoms with Crippen molar-refractivity contribution in [3.05, 3.63) is 87.9 Å². The van der Waals surface area contributed by atoms with Crippen molar-refractivity contribution >= 4 is 38.2 Å². The van der Waals surface area contributed by atoms with Crippen LogP contribution in [0.3, 0.4) is 0 Å². The first-order chi connectivity index (χ1) is 12.9. The Balaban J connectivity index is 1.97. The predicted molar refractivity (Wildman–Crippen MR) is 113 cm³/mol. The fraction of sp³-hybridized carbons (Fsp3) is 0.130. The molecule has 1 unspecified atom stereocenters. The molecule has 0 fully saturated rings. The lowest BCUT2D eigenvalue weighted by Crippen LogP contribution is -2.18. The highest BCUT2D eigenvalue weighted by Gasteiger charge is 2.15. The van der Waals surface area contributed by atoms with Crippen LogP contribution in [-0.2, 0) is 0 Å². The van der Waals surface area contributed by atoms with E-state index in [4.69, 9.17) is 0 Å². The third kappa shape index (κ3) is 3.94. The molecule has 27 heavy (non-hydrogen) atoms. The van der Waals surface area contributed by atoms with Crippen molar-refractivity contribution in [2.45, 2.75) is 19.9 Å². The van der Waals surface area contributed by atoms with Crippen LogP contribution >= 0.6 is 15.9 Å². The summed E-state index contributed by atoms with van der Waals surface area (Å²) in [6, 6.07) is 19.6. The van der Waals surface area contributed by atoms with Gasteiger partial charge in [-0.05, 0) is 54.4 Å². The smallest absolute Gasteiger partial charge is 0.159 e. The van der Waals surface area contributed by atoms with Gasteiger partial charge < -0.3 is 5.32 Å². The van der Waals surface area contributed by atoms with Crippen LogP contribution in [-0.4, -0.2) is 5.78 Å². The summed E-state index contributed by atoms with van der Waals surface area (Å²) in [6.07, 6.45) is 0. The number of hydrogen-bond acceptors (Lipinski definition) is 3. The number of carbonyl (C=O) groups excluding carboxylic acids is 1. The van der Waals surface area contributed by atoms with Gasteiger partial charge in [0, 0.05) is 27.3 Å². The number of fused-ring (bicyclic) bond motifs is 1. The molecule has 0 heterocycles. The van der Waals surface area contributed by atoms with E-state index in [1.807, 2.05) is 12.1 Å². The van der Waals surface area contributed by atoms with Crippen LogP contribution in [0.4, 0.5) is 0 Å². The fourth-order valence-corrected chi connectivity index (χ4v) is 3.68. The average Bonchev–Trinajstić information content (AvgIpc) is 2.66. The largest absolute Gasteiger partial charge is 0.378 e. The first kappa shape index (κ1) is 18.9. The zero-order valence-electron chi connectivity index (χ0n) is 15.2. The van der Waals surface area contributed by atoms with Crippen LogP contribution < -0.4 is 5.32 Å². The first-order valence-electron chi connectivity index (χ1n) is 8.60. The molecule has 134 valence electrons. The molecule has 0 aromatic heterocycles. The molecule has 0 radical (unpaired) electrons. The Labute approximate surface area is 167 Å². The molecule has 0 saturated heterocycles. The van der Waals surface area contributed by atoms with E-state index in [0.717, 1.165) is 20.8 Å². The van der Waals surface area contributed by atoms with Gasteiger partial charge in [0.25, 0.3) is 0 Å². The summed E-state index contributed by atoms with van der Waals surface area (Å²) >= 11 is 3.58. The maximum absolute atomic E-state index is 11.7. The van der Waals surface area contributed by atoms with E-state index in [2.05, 4.69) is 65.1 Å². The molecule has 4 heteroatoms. The maximum atomic E-state index is 11.7. The van der Waals surface area contributed by atoms with Crippen molar-refractivity contribution < 1.29 is 4.79 Å². The van der Waals surface area contributed by atoms with E-state index >= 15 is 0 Å². The quantitative estimate of drug-likeness (QED) is 0.516. The summed E-state index contributed by atoms with van der Waals surface area (Å²) in [6.45, 7) is 7.68. The average molecular weight is 419 g/mol. The van der Waals surface area contributed by atoms with E-state index < -0.39 is 0 Å². The highest BCUT2D eigenvalue weighted by molar-refractivity contribution is 9.10. The summed E-state index contributed by atoms with van der Waals surface area (Å²) < 4.78 is 1.01.